The molecular weight excluding hydrogens is 222 g/mol. The zero-order valence-electron chi connectivity index (χ0n) is 12.5. The van der Waals surface area contributed by atoms with Gasteiger partial charge < -0.3 is 10.0 Å². The summed E-state index contributed by atoms with van der Waals surface area (Å²) in [6, 6.07) is 0.703. The van der Waals surface area contributed by atoms with Gasteiger partial charge in [0, 0.05) is 24.6 Å². The van der Waals surface area contributed by atoms with Gasteiger partial charge in [0.25, 0.3) is 0 Å². The largest absolute Gasteiger partial charge is 0.396 e. The summed E-state index contributed by atoms with van der Waals surface area (Å²) in [5, 5.41) is 9.90. The number of nitrogens with zero attached hydrogens (tertiary/aromatic N) is 1. The van der Waals surface area contributed by atoms with Gasteiger partial charge in [-0.05, 0) is 51.0 Å². The first-order chi connectivity index (χ1) is 8.54. The Labute approximate surface area is 113 Å². The fourth-order valence-electron chi connectivity index (χ4n) is 4.23. The second kappa shape index (κ2) is 5.92. The smallest absolute Gasteiger partial charge is 0.0499 e. The SMILES string of the molecule is CC1CCN(CC2(CO)CCCC(C)C2)C(C)C1. The van der Waals surface area contributed by atoms with Gasteiger partial charge in [-0.25, -0.2) is 0 Å². The molecular formula is C16H31NO. The Morgan fingerprint density at radius 3 is 2.56 bits per heavy atom. The molecule has 0 spiro atoms. The van der Waals surface area contributed by atoms with Crippen LogP contribution in [0.2, 0.25) is 0 Å². The highest BCUT2D eigenvalue weighted by atomic mass is 16.3. The van der Waals surface area contributed by atoms with E-state index in [2.05, 4.69) is 25.7 Å². The van der Waals surface area contributed by atoms with Crippen LogP contribution in [0.1, 0.15) is 59.3 Å². The highest BCUT2D eigenvalue weighted by molar-refractivity contribution is 4.90. The summed E-state index contributed by atoms with van der Waals surface area (Å²) in [7, 11) is 0. The summed E-state index contributed by atoms with van der Waals surface area (Å²) in [5.41, 5.74) is 0.201. The molecule has 1 saturated heterocycles. The molecule has 0 radical (unpaired) electrons. The molecule has 18 heavy (non-hydrogen) atoms. The van der Waals surface area contributed by atoms with Gasteiger partial charge in [0.15, 0.2) is 0 Å². The molecule has 2 fully saturated rings. The van der Waals surface area contributed by atoms with E-state index in [1.54, 1.807) is 0 Å². The molecule has 106 valence electrons. The first-order valence-electron chi connectivity index (χ1n) is 7.89. The maximum atomic E-state index is 9.90. The number of piperidine rings is 1. The molecule has 0 aromatic heterocycles. The monoisotopic (exact) mass is 253 g/mol. The van der Waals surface area contributed by atoms with E-state index in [0.29, 0.717) is 12.6 Å². The molecule has 1 saturated carbocycles. The predicted molar refractivity (Wildman–Crippen MR) is 76.6 cm³/mol. The van der Waals surface area contributed by atoms with Crippen molar-refractivity contribution < 1.29 is 5.11 Å². The fraction of sp³-hybridized carbons (Fsp3) is 1.00. The third kappa shape index (κ3) is 3.27. The van der Waals surface area contributed by atoms with E-state index < -0.39 is 0 Å². The fourth-order valence-corrected chi connectivity index (χ4v) is 4.23. The van der Waals surface area contributed by atoms with Crippen molar-refractivity contribution in [2.45, 2.75) is 65.3 Å². The predicted octanol–water partition coefficient (Wildman–Crippen LogP) is 3.30. The van der Waals surface area contributed by atoms with Crippen LogP contribution in [0.5, 0.6) is 0 Å². The zero-order chi connectivity index (χ0) is 13.2. The standard InChI is InChI=1S/C16H31NO/c1-13-6-8-17(15(3)9-13)11-16(12-18)7-4-5-14(2)10-16/h13-15,18H,4-12H2,1-3H3. The van der Waals surface area contributed by atoms with Crippen LogP contribution in [0.25, 0.3) is 0 Å². The molecule has 4 unspecified atom stereocenters. The molecule has 2 heteroatoms. The summed E-state index contributed by atoms with van der Waals surface area (Å²) in [6.45, 7) is 9.84. The first-order valence-corrected chi connectivity index (χ1v) is 7.89. The molecule has 0 amide bonds. The van der Waals surface area contributed by atoms with Crippen LogP contribution in [-0.2, 0) is 0 Å². The van der Waals surface area contributed by atoms with E-state index in [-0.39, 0.29) is 5.41 Å². The van der Waals surface area contributed by atoms with Crippen molar-refractivity contribution in [1.29, 1.82) is 0 Å². The van der Waals surface area contributed by atoms with Gasteiger partial charge in [-0.1, -0.05) is 26.7 Å². The van der Waals surface area contributed by atoms with Crippen LogP contribution in [0.3, 0.4) is 0 Å². The number of aliphatic hydroxyl groups excluding tert-OH is 1. The van der Waals surface area contributed by atoms with Crippen LogP contribution in [-0.4, -0.2) is 35.7 Å². The summed E-state index contributed by atoms with van der Waals surface area (Å²) in [4.78, 5) is 2.65. The van der Waals surface area contributed by atoms with Crippen LogP contribution < -0.4 is 0 Å². The van der Waals surface area contributed by atoms with E-state index >= 15 is 0 Å². The Morgan fingerprint density at radius 1 is 1.17 bits per heavy atom. The Morgan fingerprint density at radius 2 is 1.94 bits per heavy atom. The number of hydrogen-bond donors (Lipinski definition) is 1. The van der Waals surface area contributed by atoms with Gasteiger partial charge >= 0.3 is 0 Å². The van der Waals surface area contributed by atoms with Crippen molar-refractivity contribution in [2.24, 2.45) is 17.3 Å². The number of aliphatic hydroxyl groups is 1. The molecule has 2 rings (SSSR count). The van der Waals surface area contributed by atoms with Gasteiger partial charge in [0.1, 0.15) is 0 Å². The third-order valence-corrected chi connectivity index (χ3v) is 5.34. The minimum absolute atomic E-state index is 0.201. The maximum Gasteiger partial charge on any atom is 0.0499 e. The molecule has 2 nitrogen and oxygen atoms in total. The second-order valence-corrected chi connectivity index (χ2v) is 7.31. The van der Waals surface area contributed by atoms with Crippen LogP contribution in [0, 0.1) is 17.3 Å². The van der Waals surface area contributed by atoms with Crippen molar-refractivity contribution in [2.75, 3.05) is 19.7 Å². The number of rotatable bonds is 3. The summed E-state index contributed by atoms with van der Waals surface area (Å²) < 4.78 is 0. The minimum Gasteiger partial charge on any atom is -0.396 e. The molecule has 0 aromatic carbocycles. The molecule has 0 aromatic rings. The highest BCUT2D eigenvalue weighted by Crippen LogP contribution is 2.40. The molecule has 4 atom stereocenters. The van der Waals surface area contributed by atoms with Gasteiger partial charge in [0.2, 0.25) is 0 Å². The Hall–Kier alpha value is -0.0800. The van der Waals surface area contributed by atoms with E-state index in [1.165, 1.54) is 45.1 Å². The summed E-state index contributed by atoms with van der Waals surface area (Å²) in [6.07, 6.45) is 7.78. The highest BCUT2D eigenvalue weighted by Gasteiger charge is 2.37. The first kappa shape index (κ1) is 14.3. The minimum atomic E-state index is 0.201. The quantitative estimate of drug-likeness (QED) is 0.834. The topological polar surface area (TPSA) is 23.5 Å². The van der Waals surface area contributed by atoms with Gasteiger partial charge in [-0.2, -0.15) is 0 Å². The van der Waals surface area contributed by atoms with Crippen molar-refractivity contribution in [3.05, 3.63) is 0 Å². The Kier molecular flexibility index (Phi) is 4.71. The third-order valence-electron chi connectivity index (χ3n) is 5.34. The van der Waals surface area contributed by atoms with Crippen LogP contribution in [0.4, 0.5) is 0 Å². The second-order valence-electron chi connectivity index (χ2n) is 7.31. The van der Waals surface area contributed by atoms with Gasteiger partial charge in [-0.15, -0.1) is 0 Å². The summed E-state index contributed by atoms with van der Waals surface area (Å²) in [5.74, 6) is 1.68. The zero-order valence-corrected chi connectivity index (χ0v) is 12.5. The lowest BCUT2D eigenvalue weighted by Gasteiger charge is -2.46. The van der Waals surface area contributed by atoms with Gasteiger partial charge in [0.05, 0.1) is 0 Å². The van der Waals surface area contributed by atoms with E-state index in [0.717, 1.165) is 18.4 Å². The van der Waals surface area contributed by atoms with Gasteiger partial charge in [-0.3, -0.25) is 0 Å². The normalized spacial score (nSPS) is 43.0. The van der Waals surface area contributed by atoms with Crippen molar-refractivity contribution in [1.82, 2.24) is 4.90 Å². The maximum absolute atomic E-state index is 9.90. The van der Waals surface area contributed by atoms with E-state index in [4.69, 9.17) is 0 Å². The average Bonchev–Trinajstić information content (AvgIpc) is 2.33. The number of likely N-dealkylation sites (tertiary alicyclic amines) is 1. The lowest BCUT2D eigenvalue weighted by atomic mass is 9.70. The molecule has 0 bridgehead atoms. The molecule has 1 aliphatic carbocycles. The van der Waals surface area contributed by atoms with Crippen molar-refractivity contribution >= 4 is 0 Å². The van der Waals surface area contributed by atoms with E-state index in [9.17, 15) is 5.11 Å². The van der Waals surface area contributed by atoms with Crippen LogP contribution in [0.15, 0.2) is 0 Å². The Balaban J connectivity index is 1.97. The average molecular weight is 253 g/mol. The van der Waals surface area contributed by atoms with Crippen LogP contribution >= 0.6 is 0 Å². The lowest BCUT2D eigenvalue weighted by Crippen LogP contribution is -2.49. The summed E-state index contributed by atoms with van der Waals surface area (Å²) >= 11 is 0. The number of hydrogen-bond acceptors (Lipinski definition) is 2. The molecule has 2 aliphatic rings. The lowest BCUT2D eigenvalue weighted by molar-refractivity contribution is -0.00140. The van der Waals surface area contributed by atoms with Crippen molar-refractivity contribution in [3.8, 4) is 0 Å². The van der Waals surface area contributed by atoms with Crippen molar-refractivity contribution in [3.63, 3.8) is 0 Å². The molecule has 1 heterocycles. The molecule has 1 aliphatic heterocycles. The van der Waals surface area contributed by atoms with E-state index in [1.807, 2.05) is 0 Å². The molecule has 1 N–H and O–H groups in total. The Bertz CT molecular complexity index is 268.